The van der Waals surface area contributed by atoms with Crippen LogP contribution >= 0.6 is 11.6 Å². The van der Waals surface area contributed by atoms with Crippen LogP contribution in [0.3, 0.4) is 0 Å². The maximum Gasteiger partial charge on any atom is 0.247 e. The SMILES string of the molecule is CCCN(CC(=O)Nc1ccc(F)c(F)c1F)C(=O)C=Cc1cc(Cl)c(OC)c(OCC)c1. The van der Waals surface area contributed by atoms with E-state index in [0.29, 0.717) is 41.2 Å². The van der Waals surface area contributed by atoms with E-state index in [9.17, 15) is 22.8 Å². The van der Waals surface area contributed by atoms with Crippen molar-refractivity contribution in [2.75, 3.05) is 32.1 Å². The monoisotopic (exact) mass is 484 g/mol. The fraction of sp³-hybridized carbons (Fsp3) is 0.304. The summed E-state index contributed by atoms with van der Waals surface area (Å²) >= 11 is 6.21. The molecule has 0 spiro atoms. The van der Waals surface area contributed by atoms with Crippen molar-refractivity contribution >= 4 is 35.2 Å². The molecule has 2 aromatic carbocycles. The Balaban J connectivity index is 2.14. The van der Waals surface area contributed by atoms with Crippen molar-refractivity contribution in [3.63, 3.8) is 0 Å². The number of amides is 2. The second-order valence-electron chi connectivity index (χ2n) is 6.83. The normalized spacial score (nSPS) is 10.9. The highest BCUT2D eigenvalue weighted by molar-refractivity contribution is 6.32. The smallest absolute Gasteiger partial charge is 0.247 e. The van der Waals surface area contributed by atoms with E-state index in [1.54, 1.807) is 19.1 Å². The summed E-state index contributed by atoms with van der Waals surface area (Å²) in [5, 5.41) is 2.45. The van der Waals surface area contributed by atoms with E-state index in [-0.39, 0.29) is 6.54 Å². The molecule has 1 N–H and O–H groups in total. The van der Waals surface area contributed by atoms with E-state index < -0.39 is 41.5 Å². The van der Waals surface area contributed by atoms with Crippen LogP contribution in [0.2, 0.25) is 5.02 Å². The van der Waals surface area contributed by atoms with Crippen molar-refractivity contribution in [2.45, 2.75) is 20.3 Å². The highest BCUT2D eigenvalue weighted by Gasteiger charge is 2.19. The number of carbonyl (C=O) groups is 2. The Morgan fingerprint density at radius 1 is 1.15 bits per heavy atom. The minimum atomic E-state index is -1.69. The van der Waals surface area contributed by atoms with Gasteiger partial charge >= 0.3 is 0 Å². The zero-order valence-electron chi connectivity index (χ0n) is 18.4. The average Bonchev–Trinajstić information content (AvgIpc) is 2.77. The minimum Gasteiger partial charge on any atom is -0.491 e. The van der Waals surface area contributed by atoms with Crippen LogP contribution in [0.4, 0.5) is 18.9 Å². The molecule has 0 saturated carbocycles. The van der Waals surface area contributed by atoms with Crippen molar-refractivity contribution in [3.8, 4) is 11.5 Å². The first-order chi connectivity index (χ1) is 15.7. The first kappa shape index (κ1) is 26.1. The van der Waals surface area contributed by atoms with E-state index in [2.05, 4.69) is 5.32 Å². The van der Waals surface area contributed by atoms with Gasteiger partial charge in [-0.3, -0.25) is 9.59 Å². The Labute approximate surface area is 194 Å². The number of anilines is 1. The van der Waals surface area contributed by atoms with E-state index in [4.69, 9.17) is 21.1 Å². The summed E-state index contributed by atoms with van der Waals surface area (Å²) in [7, 11) is 1.46. The molecule has 2 rings (SSSR count). The minimum absolute atomic E-state index is 0.240. The topological polar surface area (TPSA) is 67.9 Å². The van der Waals surface area contributed by atoms with Crippen molar-refractivity contribution in [3.05, 3.63) is 58.4 Å². The Hall–Kier alpha value is -3.20. The lowest BCUT2D eigenvalue weighted by atomic mass is 10.1. The van der Waals surface area contributed by atoms with Gasteiger partial charge in [0.1, 0.15) is 6.54 Å². The molecule has 0 atom stereocenters. The number of rotatable bonds is 10. The Morgan fingerprint density at radius 2 is 1.88 bits per heavy atom. The third-order valence-corrected chi connectivity index (χ3v) is 4.68. The van der Waals surface area contributed by atoms with Gasteiger partial charge < -0.3 is 19.7 Å². The summed E-state index contributed by atoms with van der Waals surface area (Å²) in [5.74, 6) is -5.04. The van der Waals surface area contributed by atoms with Gasteiger partial charge in [-0.2, -0.15) is 0 Å². The molecule has 178 valence electrons. The highest BCUT2D eigenvalue weighted by atomic mass is 35.5. The van der Waals surface area contributed by atoms with E-state index >= 15 is 0 Å². The van der Waals surface area contributed by atoms with Crippen LogP contribution in [0, 0.1) is 17.5 Å². The van der Waals surface area contributed by atoms with Crippen molar-refractivity contribution < 1.29 is 32.2 Å². The number of carbonyl (C=O) groups excluding carboxylic acids is 2. The summed E-state index contributed by atoms with van der Waals surface area (Å²) in [6.07, 6.45) is 3.32. The van der Waals surface area contributed by atoms with Gasteiger partial charge in [0.2, 0.25) is 11.8 Å². The molecule has 0 aliphatic rings. The zero-order chi connectivity index (χ0) is 24.5. The quantitative estimate of drug-likeness (QED) is 0.378. The summed E-state index contributed by atoms with van der Waals surface area (Å²) in [6.45, 7) is 3.83. The first-order valence-electron chi connectivity index (χ1n) is 10.1. The molecule has 0 bridgehead atoms. The Bertz CT molecular complexity index is 1050. The number of nitrogens with zero attached hydrogens (tertiary/aromatic N) is 1. The number of ether oxygens (including phenoxy) is 2. The lowest BCUT2D eigenvalue weighted by Gasteiger charge is -2.20. The Kier molecular flexibility index (Phi) is 9.59. The lowest BCUT2D eigenvalue weighted by molar-refractivity contribution is -0.130. The van der Waals surface area contributed by atoms with Gasteiger partial charge in [0.15, 0.2) is 29.0 Å². The van der Waals surface area contributed by atoms with Crippen molar-refractivity contribution in [1.82, 2.24) is 4.90 Å². The number of nitrogens with one attached hydrogen (secondary N) is 1. The van der Waals surface area contributed by atoms with Gasteiger partial charge in [0.05, 0.1) is 24.4 Å². The van der Waals surface area contributed by atoms with Gasteiger partial charge in [-0.1, -0.05) is 18.5 Å². The number of benzene rings is 2. The highest BCUT2D eigenvalue weighted by Crippen LogP contribution is 2.36. The Morgan fingerprint density at radius 3 is 2.52 bits per heavy atom. The summed E-state index contributed by atoms with van der Waals surface area (Å²) in [4.78, 5) is 26.2. The number of halogens is 4. The van der Waals surface area contributed by atoms with Crippen molar-refractivity contribution in [1.29, 1.82) is 0 Å². The molecule has 2 amide bonds. The zero-order valence-corrected chi connectivity index (χ0v) is 19.1. The molecule has 0 unspecified atom stereocenters. The molecule has 0 aliphatic carbocycles. The fourth-order valence-corrected chi connectivity index (χ4v) is 3.24. The summed E-state index contributed by atoms with van der Waals surface area (Å²) in [5.41, 5.74) is 0.0528. The molecule has 0 aromatic heterocycles. The van der Waals surface area contributed by atoms with Crippen LogP contribution < -0.4 is 14.8 Å². The molecule has 0 fully saturated rings. The fourth-order valence-electron chi connectivity index (χ4n) is 2.94. The van der Waals surface area contributed by atoms with Gasteiger partial charge in [-0.15, -0.1) is 0 Å². The van der Waals surface area contributed by atoms with E-state index in [1.165, 1.54) is 24.2 Å². The van der Waals surface area contributed by atoms with Gasteiger partial charge in [0, 0.05) is 12.6 Å². The lowest BCUT2D eigenvalue weighted by Crippen LogP contribution is -2.37. The molecular formula is C23H24ClF3N2O4. The van der Waals surface area contributed by atoms with Gasteiger partial charge in [-0.05, 0) is 49.2 Å². The van der Waals surface area contributed by atoms with Crippen LogP contribution in [0.1, 0.15) is 25.8 Å². The third-order valence-electron chi connectivity index (χ3n) is 4.40. The van der Waals surface area contributed by atoms with Crippen LogP contribution in [0.15, 0.2) is 30.3 Å². The maximum absolute atomic E-state index is 13.8. The predicted octanol–water partition coefficient (Wildman–Crippen LogP) is 5.06. The molecule has 0 heterocycles. The maximum atomic E-state index is 13.8. The molecule has 33 heavy (non-hydrogen) atoms. The third kappa shape index (κ3) is 6.89. The van der Waals surface area contributed by atoms with Crippen LogP contribution in [0.25, 0.3) is 6.08 Å². The van der Waals surface area contributed by atoms with E-state index in [0.717, 1.165) is 6.07 Å². The van der Waals surface area contributed by atoms with Crippen molar-refractivity contribution in [2.24, 2.45) is 0 Å². The number of methoxy groups -OCH3 is 1. The van der Waals surface area contributed by atoms with E-state index in [1.807, 2.05) is 6.92 Å². The standard InChI is InChI=1S/C23H24ClF3N2O4/c1-4-10-29(13-19(30)28-17-8-7-16(25)21(26)22(17)27)20(31)9-6-14-11-15(24)23(32-3)18(12-14)33-5-2/h6-9,11-12H,4-5,10,13H2,1-3H3,(H,28,30). The molecule has 2 aromatic rings. The predicted molar refractivity (Wildman–Crippen MR) is 120 cm³/mol. The molecule has 6 nitrogen and oxygen atoms in total. The van der Waals surface area contributed by atoms with Crippen LogP contribution in [0.5, 0.6) is 11.5 Å². The average molecular weight is 485 g/mol. The van der Waals surface area contributed by atoms with Gasteiger partial charge in [-0.25, -0.2) is 13.2 Å². The number of hydrogen-bond donors (Lipinski definition) is 1. The molecule has 0 radical (unpaired) electrons. The second kappa shape index (κ2) is 12.2. The molecule has 10 heteroatoms. The molecular weight excluding hydrogens is 461 g/mol. The second-order valence-corrected chi connectivity index (χ2v) is 7.24. The molecule has 0 aliphatic heterocycles. The summed E-state index contributed by atoms with van der Waals surface area (Å²) in [6, 6.07) is 4.85. The summed E-state index contributed by atoms with van der Waals surface area (Å²) < 4.78 is 51.0. The first-order valence-corrected chi connectivity index (χ1v) is 10.5. The largest absolute Gasteiger partial charge is 0.491 e. The number of hydrogen-bond acceptors (Lipinski definition) is 4. The van der Waals surface area contributed by atoms with Crippen LogP contribution in [-0.4, -0.2) is 43.5 Å². The molecule has 0 saturated heterocycles. The van der Waals surface area contributed by atoms with Gasteiger partial charge in [0.25, 0.3) is 0 Å². The van der Waals surface area contributed by atoms with Crippen LogP contribution in [-0.2, 0) is 9.59 Å².